The van der Waals surface area contributed by atoms with E-state index in [2.05, 4.69) is 15.0 Å². The summed E-state index contributed by atoms with van der Waals surface area (Å²) in [6.07, 6.45) is 0.877. The number of imidazole rings is 1. The number of hydrogen-bond acceptors (Lipinski definition) is 4. The fourth-order valence-electron chi connectivity index (χ4n) is 2.99. The van der Waals surface area contributed by atoms with Crippen LogP contribution in [0.15, 0.2) is 58.5 Å². The molecule has 1 N–H and O–H groups in total. The first-order valence-corrected chi connectivity index (χ1v) is 9.25. The van der Waals surface area contributed by atoms with E-state index in [1.165, 1.54) is 0 Å². The highest BCUT2D eigenvalue weighted by Crippen LogP contribution is 2.21. The van der Waals surface area contributed by atoms with Crippen LogP contribution in [-0.2, 0) is 6.54 Å². The Morgan fingerprint density at radius 2 is 1.88 bits per heavy atom. The second-order valence-electron chi connectivity index (χ2n) is 5.91. The maximum Gasteiger partial charge on any atom is 0.326 e. The van der Waals surface area contributed by atoms with Crippen LogP contribution in [0.25, 0.3) is 21.9 Å². The predicted octanol–water partition coefficient (Wildman–Crippen LogP) is 3.76. The summed E-state index contributed by atoms with van der Waals surface area (Å²) in [4.78, 5) is 24.2. The van der Waals surface area contributed by atoms with Gasteiger partial charge in [0.25, 0.3) is 0 Å². The topological polar surface area (TPSA) is 63.6 Å². The molecule has 0 amide bonds. The Balaban J connectivity index is 1.44. The molecular formula is C19H18N4OS. The molecule has 0 atom stereocenters. The van der Waals surface area contributed by atoms with Gasteiger partial charge in [-0.05, 0) is 31.5 Å². The van der Waals surface area contributed by atoms with Crippen LogP contribution in [0.2, 0.25) is 0 Å². The lowest BCUT2D eigenvalue weighted by Gasteiger charge is -2.06. The molecule has 0 aliphatic carbocycles. The molecule has 0 aliphatic heterocycles. The van der Waals surface area contributed by atoms with Crippen molar-refractivity contribution in [2.75, 3.05) is 5.75 Å². The highest BCUT2D eigenvalue weighted by molar-refractivity contribution is 7.99. The van der Waals surface area contributed by atoms with Gasteiger partial charge >= 0.3 is 5.69 Å². The third-order valence-corrected chi connectivity index (χ3v) is 5.15. The van der Waals surface area contributed by atoms with Gasteiger partial charge in [-0.1, -0.05) is 42.1 Å². The van der Waals surface area contributed by atoms with Crippen molar-refractivity contribution in [1.29, 1.82) is 0 Å². The largest absolute Gasteiger partial charge is 0.326 e. The number of aryl methyl sites for hydroxylation is 2. The van der Waals surface area contributed by atoms with Gasteiger partial charge in [-0.3, -0.25) is 4.57 Å². The summed E-state index contributed by atoms with van der Waals surface area (Å²) in [5.74, 6) is 0.865. The summed E-state index contributed by atoms with van der Waals surface area (Å²) in [6.45, 7) is 2.70. The zero-order chi connectivity index (χ0) is 17.2. The summed E-state index contributed by atoms with van der Waals surface area (Å²) in [6, 6.07) is 15.8. The van der Waals surface area contributed by atoms with Crippen LogP contribution in [0.1, 0.15) is 12.1 Å². The van der Waals surface area contributed by atoms with Crippen LogP contribution in [0, 0.1) is 6.92 Å². The van der Waals surface area contributed by atoms with Gasteiger partial charge in [0.05, 0.1) is 16.6 Å². The zero-order valence-electron chi connectivity index (χ0n) is 13.9. The number of hydrogen-bond donors (Lipinski definition) is 1. The Morgan fingerprint density at radius 3 is 2.80 bits per heavy atom. The molecule has 0 saturated heterocycles. The standard InChI is InChI=1S/C19H18N4OS/c1-13-14-7-2-3-8-15(14)21-18(20-13)25-12-6-11-23-17-10-5-4-9-16(17)22-19(23)24/h2-5,7-10H,6,11-12H2,1H3,(H,22,24). The first kappa shape index (κ1) is 15.9. The highest BCUT2D eigenvalue weighted by atomic mass is 32.2. The summed E-state index contributed by atoms with van der Waals surface area (Å²) in [7, 11) is 0. The van der Waals surface area contributed by atoms with E-state index in [1.807, 2.05) is 55.5 Å². The van der Waals surface area contributed by atoms with Crippen molar-refractivity contribution < 1.29 is 0 Å². The Bertz CT molecular complexity index is 1100. The molecule has 0 saturated carbocycles. The molecule has 0 bridgehead atoms. The number of nitrogens with zero attached hydrogens (tertiary/aromatic N) is 3. The molecule has 0 unspecified atom stereocenters. The number of aromatic amines is 1. The lowest BCUT2D eigenvalue weighted by atomic mass is 10.2. The van der Waals surface area contributed by atoms with E-state index >= 15 is 0 Å². The van der Waals surface area contributed by atoms with Gasteiger partial charge in [0.1, 0.15) is 0 Å². The number of aromatic nitrogens is 4. The number of H-pyrrole nitrogens is 1. The first-order chi connectivity index (χ1) is 12.2. The maximum absolute atomic E-state index is 12.1. The molecule has 4 aromatic rings. The quantitative estimate of drug-likeness (QED) is 0.338. The molecule has 0 aliphatic rings. The average molecular weight is 350 g/mol. The van der Waals surface area contributed by atoms with Crippen LogP contribution in [0.3, 0.4) is 0 Å². The molecule has 6 heteroatoms. The van der Waals surface area contributed by atoms with Crippen LogP contribution in [0.4, 0.5) is 0 Å². The minimum absolute atomic E-state index is 0.0519. The van der Waals surface area contributed by atoms with Crippen molar-refractivity contribution in [1.82, 2.24) is 19.5 Å². The van der Waals surface area contributed by atoms with E-state index < -0.39 is 0 Å². The summed E-state index contributed by atoms with van der Waals surface area (Å²) >= 11 is 1.63. The van der Waals surface area contributed by atoms with E-state index in [9.17, 15) is 4.79 Å². The van der Waals surface area contributed by atoms with Crippen molar-refractivity contribution in [3.8, 4) is 0 Å². The molecule has 5 nitrogen and oxygen atoms in total. The normalized spacial score (nSPS) is 11.4. The number of rotatable bonds is 5. The van der Waals surface area contributed by atoms with Gasteiger partial charge in [-0.2, -0.15) is 0 Å². The van der Waals surface area contributed by atoms with Crippen LogP contribution >= 0.6 is 11.8 Å². The van der Waals surface area contributed by atoms with E-state index in [0.717, 1.165) is 45.0 Å². The Morgan fingerprint density at radius 1 is 1.08 bits per heavy atom. The highest BCUT2D eigenvalue weighted by Gasteiger charge is 2.07. The number of fused-ring (bicyclic) bond motifs is 2. The minimum atomic E-state index is -0.0519. The predicted molar refractivity (Wildman–Crippen MR) is 102 cm³/mol. The monoisotopic (exact) mass is 350 g/mol. The van der Waals surface area contributed by atoms with Gasteiger partial charge in [0.15, 0.2) is 5.16 Å². The van der Waals surface area contributed by atoms with Gasteiger partial charge in [0, 0.05) is 23.4 Å². The van der Waals surface area contributed by atoms with E-state index in [-0.39, 0.29) is 5.69 Å². The van der Waals surface area contributed by atoms with Crippen molar-refractivity contribution in [3.05, 3.63) is 64.7 Å². The van der Waals surface area contributed by atoms with E-state index in [1.54, 1.807) is 16.3 Å². The second kappa shape index (κ2) is 6.72. The molecule has 2 heterocycles. The summed E-state index contributed by atoms with van der Waals surface area (Å²) in [5.41, 5.74) is 3.76. The third-order valence-electron chi connectivity index (χ3n) is 4.21. The summed E-state index contributed by atoms with van der Waals surface area (Å²) < 4.78 is 1.79. The molecule has 0 radical (unpaired) electrons. The number of para-hydroxylation sites is 3. The van der Waals surface area contributed by atoms with Gasteiger partial charge in [-0.25, -0.2) is 14.8 Å². The molecule has 126 valence electrons. The molecule has 0 fully saturated rings. The van der Waals surface area contributed by atoms with Gasteiger partial charge in [0.2, 0.25) is 0 Å². The molecule has 2 aromatic heterocycles. The van der Waals surface area contributed by atoms with E-state index in [0.29, 0.717) is 6.54 Å². The first-order valence-electron chi connectivity index (χ1n) is 8.26. The van der Waals surface area contributed by atoms with Crippen molar-refractivity contribution in [2.45, 2.75) is 25.0 Å². The second-order valence-corrected chi connectivity index (χ2v) is 6.97. The molecule has 4 rings (SSSR count). The van der Waals surface area contributed by atoms with Crippen LogP contribution in [-0.4, -0.2) is 25.3 Å². The smallest absolute Gasteiger partial charge is 0.306 e. The Hall–Kier alpha value is -2.60. The van der Waals surface area contributed by atoms with Crippen molar-refractivity contribution in [3.63, 3.8) is 0 Å². The molecule has 0 spiro atoms. The fraction of sp³-hybridized carbons (Fsp3) is 0.211. The number of nitrogens with one attached hydrogen (secondary N) is 1. The fourth-order valence-corrected chi connectivity index (χ4v) is 3.81. The van der Waals surface area contributed by atoms with Gasteiger partial charge in [-0.15, -0.1) is 0 Å². The van der Waals surface area contributed by atoms with Crippen LogP contribution < -0.4 is 5.69 Å². The number of benzene rings is 2. The average Bonchev–Trinajstić information content (AvgIpc) is 2.94. The molecule has 25 heavy (non-hydrogen) atoms. The van der Waals surface area contributed by atoms with Crippen molar-refractivity contribution in [2.24, 2.45) is 0 Å². The SMILES string of the molecule is Cc1nc(SCCCn2c(=O)[nH]c3ccccc32)nc2ccccc12. The van der Waals surface area contributed by atoms with Crippen LogP contribution in [0.5, 0.6) is 0 Å². The minimum Gasteiger partial charge on any atom is -0.306 e. The lowest BCUT2D eigenvalue weighted by Crippen LogP contribution is -2.17. The van der Waals surface area contributed by atoms with E-state index in [4.69, 9.17) is 0 Å². The number of thioether (sulfide) groups is 1. The van der Waals surface area contributed by atoms with Crippen molar-refractivity contribution >= 4 is 33.7 Å². The zero-order valence-corrected chi connectivity index (χ0v) is 14.7. The maximum atomic E-state index is 12.1. The summed E-state index contributed by atoms with van der Waals surface area (Å²) in [5, 5.41) is 1.89. The molecule has 2 aromatic carbocycles. The Labute approximate surface area is 149 Å². The Kier molecular flexibility index (Phi) is 4.28. The third kappa shape index (κ3) is 3.17. The molecular weight excluding hydrogens is 332 g/mol. The van der Waals surface area contributed by atoms with Gasteiger partial charge < -0.3 is 4.98 Å². The lowest BCUT2D eigenvalue weighted by molar-refractivity contribution is 0.679.